The van der Waals surface area contributed by atoms with Gasteiger partial charge in [-0.05, 0) is 164 Å². The van der Waals surface area contributed by atoms with Gasteiger partial charge in [-0.2, -0.15) is 16.8 Å². The molecule has 7 aliphatic rings. The summed E-state index contributed by atoms with van der Waals surface area (Å²) in [5, 5.41) is 84.4. The van der Waals surface area contributed by atoms with E-state index in [9.17, 15) is 64.6 Å². The lowest BCUT2D eigenvalue weighted by Crippen LogP contribution is -2.47. The van der Waals surface area contributed by atoms with Crippen LogP contribution >= 0.6 is 7.60 Å². The largest absolute Gasteiger partial charge is 0.481 e. The fourth-order valence-corrected chi connectivity index (χ4v) is 10.2. The molecule has 46 heteroatoms. The quantitative estimate of drug-likeness (QED) is 0.0430. The highest BCUT2D eigenvalue weighted by Gasteiger charge is 2.30. The van der Waals surface area contributed by atoms with Crippen molar-refractivity contribution < 1.29 is 144 Å². The lowest BCUT2D eigenvalue weighted by Gasteiger charge is -2.32. The maximum Gasteiger partial charge on any atom is 0.339 e. The molecule has 43 nitrogen and oxygen atoms in total. The molecule has 7 saturated heterocycles. The maximum absolute atomic E-state index is 10.6. The molecule has 0 amide bonds. The number of rotatable bonds is 19. The lowest BCUT2D eigenvalue weighted by atomic mass is 9.98. The van der Waals surface area contributed by atoms with Crippen molar-refractivity contribution >= 4 is 81.4 Å². The van der Waals surface area contributed by atoms with Gasteiger partial charge in [-0.15, -0.1) is 0 Å². The molecule has 7 rings (SSSR count). The molecule has 107 heavy (non-hydrogen) atoms. The van der Waals surface area contributed by atoms with E-state index in [0.717, 1.165) is 90.8 Å². The highest BCUT2D eigenvalue weighted by molar-refractivity contribution is 7.85. The zero-order valence-corrected chi connectivity index (χ0v) is 67.6. The average molecular weight is 1620 g/mol. The van der Waals surface area contributed by atoms with Crippen LogP contribution in [0.25, 0.3) is 0 Å². The minimum absolute atomic E-state index is 0.0417. The Kier molecular flexibility index (Phi) is 68.9. The number of aliphatic hydroxyl groups excluding tert-OH is 1. The number of carboxylic acid groups (broad SMARTS) is 8. The van der Waals surface area contributed by atoms with E-state index in [0.29, 0.717) is 45.0 Å². The van der Waals surface area contributed by atoms with Crippen LogP contribution in [0.4, 0.5) is 0 Å². The average Bonchev–Trinajstić information content (AvgIpc) is 1.85. The Labute approximate surface area is 630 Å². The predicted octanol–water partition coefficient (Wildman–Crippen LogP) is -4.27. The number of piperidine rings is 4. The van der Waals surface area contributed by atoms with Crippen molar-refractivity contribution in [2.24, 2.45) is 11.8 Å². The molecule has 0 aromatic heterocycles. The number of ketones is 1. The van der Waals surface area contributed by atoms with Crippen LogP contribution in [0.5, 0.6) is 0 Å². The Morgan fingerprint density at radius 1 is 0.551 bits per heavy atom. The Morgan fingerprint density at radius 2 is 1.00 bits per heavy atom. The van der Waals surface area contributed by atoms with Crippen molar-refractivity contribution in [3.63, 3.8) is 0 Å². The van der Waals surface area contributed by atoms with Gasteiger partial charge in [-0.25, -0.2) is 0 Å². The summed E-state index contributed by atoms with van der Waals surface area (Å²) in [7, 11) is 16.5. The van der Waals surface area contributed by atoms with Crippen LogP contribution in [0.15, 0.2) is 0 Å². The number of hydrogen-bond acceptors (Lipinski definition) is 31. The zero-order chi connectivity index (χ0) is 84.4. The van der Waals surface area contributed by atoms with Gasteiger partial charge in [0.25, 0.3) is 20.2 Å². The molecule has 0 spiro atoms. The maximum atomic E-state index is 10.6. The summed E-state index contributed by atoms with van der Waals surface area (Å²) in [5.41, 5.74) is 0. The summed E-state index contributed by atoms with van der Waals surface area (Å²) in [6.07, 6.45) is 8.84. The number of methoxy groups -OCH3 is 1. The number of ether oxygens (including phenoxy) is 3. The zero-order valence-electron chi connectivity index (χ0n) is 65.1. The summed E-state index contributed by atoms with van der Waals surface area (Å²) in [6, 6.07) is -1.94. The Morgan fingerprint density at radius 3 is 1.20 bits per heavy atom. The molecule has 0 radical (unpaired) electrons. The van der Waals surface area contributed by atoms with Crippen molar-refractivity contribution in [1.82, 2.24) is 65.4 Å². The summed E-state index contributed by atoms with van der Waals surface area (Å²) in [4.78, 5) is 125. The number of nitrogens with zero attached hydrogens (tertiary/aromatic N) is 9. The van der Waals surface area contributed by atoms with E-state index in [2.05, 4.69) is 43.0 Å². The Balaban J connectivity index is -0.000000259. The SMILES string of the molecule is CN(C)CC(=O)O.CN(C)CS(=O)(=O)O.CN1CC(C(=O)O)C1.CN1CCC(=O)CC1.CN1CCC(C(=O)O)CC1.CN1CCCCC1C(=O)O.CN1CCOCC1C(=O)O.CN1COCC1C(=O)O.CNC(CO)C(=O)O.CNCC(=O)O.CNCP(=O)(O)O.CNCS(=O)(=O)O.COC1CCN(C)CC1. The lowest BCUT2D eigenvalue weighted by molar-refractivity contribution is -0.149. The monoisotopic (exact) mass is 1620 g/mol. The molecule has 17 N–H and O–H groups in total. The second kappa shape index (κ2) is 65.4. The number of aliphatic carboxylic acids is 8. The molecule has 7 aliphatic heterocycles. The second-order valence-electron chi connectivity index (χ2n) is 25.6. The van der Waals surface area contributed by atoms with Crippen LogP contribution in [0.1, 0.15) is 57.8 Å². The van der Waals surface area contributed by atoms with E-state index in [-0.39, 0.29) is 55.6 Å². The van der Waals surface area contributed by atoms with Crippen molar-refractivity contribution in [3.05, 3.63) is 0 Å². The van der Waals surface area contributed by atoms with E-state index >= 15 is 0 Å². The minimum atomic E-state index is -3.80. The van der Waals surface area contributed by atoms with Crippen LogP contribution in [0.3, 0.4) is 0 Å². The number of carbonyl (C=O) groups excluding carboxylic acids is 1. The van der Waals surface area contributed by atoms with E-state index in [1.807, 2.05) is 38.0 Å². The topological polar surface area (TPSA) is 607 Å². The summed E-state index contributed by atoms with van der Waals surface area (Å²) in [6.45, 7) is 10.7. The first-order chi connectivity index (χ1) is 49.3. The molecule has 7 heterocycles. The molecule has 0 aromatic carbocycles. The molecule has 0 aromatic rings. The van der Waals surface area contributed by atoms with Gasteiger partial charge in [0.2, 0.25) is 0 Å². The van der Waals surface area contributed by atoms with Crippen molar-refractivity contribution in [3.8, 4) is 0 Å². The first-order valence-electron chi connectivity index (χ1n) is 33.6. The fourth-order valence-electron chi connectivity index (χ4n) is 8.75. The number of carboxylic acids is 8. The fraction of sp³-hybridized carbons (Fsp3) is 0.852. The van der Waals surface area contributed by atoms with E-state index < -0.39 is 93.7 Å². The van der Waals surface area contributed by atoms with Crippen LogP contribution in [-0.2, 0) is 82.2 Å². The van der Waals surface area contributed by atoms with Crippen LogP contribution in [-0.4, -0.2) is 452 Å². The number of carbonyl (C=O) groups is 9. The van der Waals surface area contributed by atoms with E-state index in [4.69, 9.17) is 79.1 Å². The van der Waals surface area contributed by atoms with Crippen LogP contribution < -0.4 is 21.3 Å². The van der Waals surface area contributed by atoms with E-state index in [1.54, 1.807) is 71.1 Å². The molecule has 636 valence electrons. The van der Waals surface area contributed by atoms with Crippen LogP contribution in [0, 0.1) is 11.8 Å². The number of nitrogens with one attached hydrogen (secondary N) is 4. The van der Waals surface area contributed by atoms with Gasteiger partial charge in [0.1, 0.15) is 41.7 Å². The van der Waals surface area contributed by atoms with E-state index in [1.165, 1.54) is 52.0 Å². The van der Waals surface area contributed by atoms with Gasteiger partial charge in [-0.3, -0.25) is 81.3 Å². The number of aliphatic hydroxyl groups is 1. The van der Waals surface area contributed by atoms with Gasteiger partial charge in [0.05, 0.1) is 70.5 Å². The predicted molar refractivity (Wildman–Crippen MR) is 395 cm³/mol. The van der Waals surface area contributed by atoms with Gasteiger partial charge in [0.15, 0.2) is 0 Å². The molecule has 0 saturated carbocycles. The Hall–Kier alpha value is -5.28. The third kappa shape index (κ3) is 74.6. The van der Waals surface area contributed by atoms with Crippen molar-refractivity contribution in [1.29, 1.82) is 0 Å². The van der Waals surface area contributed by atoms with Gasteiger partial charge in [-0.1, -0.05) is 6.42 Å². The molecule has 4 atom stereocenters. The highest BCUT2D eigenvalue weighted by atomic mass is 32.2. The van der Waals surface area contributed by atoms with Crippen molar-refractivity contribution in [2.45, 2.75) is 88.1 Å². The van der Waals surface area contributed by atoms with Gasteiger partial charge < -0.3 is 111 Å². The molecule has 7 fully saturated rings. The summed E-state index contributed by atoms with van der Waals surface area (Å²) in [5.74, 6) is -6.69. The summed E-state index contributed by atoms with van der Waals surface area (Å²) < 4.78 is 80.3. The highest BCUT2D eigenvalue weighted by Crippen LogP contribution is 2.31. The molecule has 0 bridgehead atoms. The number of likely N-dealkylation sites (N-methyl/N-ethyl adjacent to an activating group) is 6. The smallest absolute Gasteiger partial charge is 0.339 e. The first kappa shape index (κ1) is 113. The number of likely N-dealkylation sites (tertiary alicyclic amines) is 5. The second-order valence-corrected chi connectivity index (χ2v) is 30.1. The number of Topliss-reactive ketones (excluding diaryl/α,β-unsaturated/α-hetero) is 1. The first-order valence-corrected chi connectivity index (χ1v) is 38.6. The van der Waals surface area contributed by atoms with Crippen LogP contribution in [0.2, 0.25) is 0 Å². The molecular weight excluding hydrogens is 1490 g/mol. The molecule has 4 unspecified atom stereocenters. The third-order valence-corrected chi connectivity index (χ3v) is 17.1. The molecule has 0 aliphatic carbocycles. The third-order valence-electron chi connectivity index (χ3n) is 14.9. The number of hydrogen-bond donors (Lipinski definition) is 17. The standard InChI is InChI=1S/2C7H13NO2.C7H15NO.C6H11NO3.C6H11NO.C5H9NO3.C5H9NO2.C4H9NO3.C4H9NO2.C3H9NO3S.C3H7NO2.C2H8NO3P.C2H7NO3S/c1-8-4-2-6(3-5-8)7(9)10;1-8-5-3-2-4-6(8)7(9)10;1-8-5-3-7(9-2)4-6-8;1-7-2-3-10-4-5(7)6(8)9;1-7-4-2-6(8)3-5-7;1-6-3-9-2-4(6)5(7)8;1-6-2-4(3-6)5(7)8;1-5-3(2-6)4(7)8;1-5(2)3-4(6)7;1-4(2)3-8(5,6)7;1-4-2-3(5)6;2*1-3-2-7(4,5)6/h2*6H,2-5H2,1H3,(H,9,10);7H,3-6H2,1-2H3;5H,2-4H2,1H3,(H,8,9);2-5H2,1H3;4H,2-3H2,1H3,(H,7,8);4H,2-3H2,1H3,(H,7,8);3,5-6H,2H2,1H3,(H,7,8);3H2,1-2H3,(H,6,7);3H2,1-2H3,(H,5,6,7);4H,2H2,1H3,(H,5,6);3H,2H2,1H3,(H2,4,5,6);3H,2H2,1H3,(H,4,5,6). The minimum Gasteiger partial charge on any atom is -0.481 e. The van der Waals surface area contributed by atoms with Gasteiger partial charge in [0, 0.05) is 65.8 Å². The molecular formula is C61H130N13O30PS2. The summed E-state index contributed by atoms with van der Waals surface area (Å²) >= 11 is 0. The Bertz CT molecular complexity index is 2650. The normalized spacial score (nSPS) is 20.0. The van der Waals surface area contributed by atoms with Gasteiger partial charge >= 0.3 is 55.4 Å². The van der Waals surface area contributed by atoms with Crippen molar-refractivity contribution in [2.75, 3.05) is 243 Å². The number of morpholine rings is 1.